The molecular weight excluding hydrogens is 514 g/mol. The van der Waals surface area contributed by atoms with Crippen LogP contribution in [0.2, 0.25) is 0 Å². The number of rotatable bonds is 11. The van der Waals surface area contributed by atoms with Gasteiger partial charge in [0, 0.05) is 19.5 Å². The summed E-state index contributed by atoms with van der Waals surface area (Å²) in [6.45, 7) is 12.0. The quantitative estimate of drug-likeness (QED) is 0.301. The van der Waals surface area contributed by atoms with Crippen LogP contribution in [-0.4, -0.2) is 41.0 Å². The lowest BCUT2D eigenvalue weighted by Crippen LogP contribution is -2.54. The molecular formula is C34H43N3O4. The second-order valence-corrected chi connectivity index (χ2v) is 11.4. The van der Waals surface area contributed by atoms with Gasteiger partial charge in [-0.2, -0.15) is 0 Å². The van der Waals surface area contributed by atoms with Crippen LogP contribution < -0.4 is 10.6 Å². The van der Waals surface area contributed by atoms with E-state index in [1.807, 2.05) is 99.6 Å². The van der Waals surface area contributed by atoms with Crippen LogP contribution in [0.5, 0.6) is 0 Å². The zero-order valence-corrected chi connectivity index (χ0v) is 25.1. The van der Waals surface area contributed by atoms with E-state index in [2.05, 4.69) is 10.6 Å². The van der Waals surface area contributed by atoms with Crippen LogP contribution in [0.25, 0.3) is 0 Å². The fourth-order valence-electron chi connectivity index (χ4n) is 4.60. The molecule has 218 valence electrons. The predicted octanol–water partition coefficient (Wildman–Crippen LogP) is 6.04. The van der Waals surface area contributed by atoms with Crippen molar-refractivity contribution in [3.05, 3.63) is 107 Å². The molecule has 2 atom stereocenters. The number of nitrogens with one attached hydrogen (secondary N) is 2. The van der Waals surface area contributed by atoms with E-state index in [0.29, 0.717) is 19.5 Å². The summed E-state index contributed by atoms with van der Waals surface area (Å²) in [5, 5.41) is 5.84. The third kappa shape index (κ3) is 9.48. The molecule has 0 aliphatic carbocycles. The highest BCUT2D eigenvalue weighted by molar-refractivity contribution is 5.92. The van der Waals surface area contributed by atoms with Crippen LogP contribution in [0.1, 0.15) is 68.0 Å². The smallest absolute Gasteiger partial charge is 0.408 e. The molecule has 7 heteroatoms. The number of ether oxygens (including phenoxy) is 1. The van der Waals surface area contributed by atoms with Crippen LogP contribution >= 0.6 is 0 Å². The molecule has 0 fully saturated rings. The Labute approximate surface area is 244 Å². The van der Waals surface area contributed by atoms with Crippen molar-refractivity contribution < 1.29 is 19.1 Å². The highest BCUT2D eigenvalue weighted by Crippen LogP contribution is 2.26. The lowest BCUT2D eigenvalue weighted by atomic mass is 9.97. The first-order valence-electron chi connectivity index (χ1n) is 14.2. The number of aryl methyl sites for hydroxylation is 2. The fraction of sp³-hybridized carbons (Fsp3) is 0.382. The van der Waals surface area contributed by atoms with Gasteiger partial charge < -0.3 is 20.3 Å². The predicted molar refractivity (Wildman–Crippen MR) is 162 cm³/mol. The van der Waals surface area contributed by atoms with Gasteiger partial charge >= 0.3 is 6.09 Å². The molecule has 3 aromatic rings. The van der Waals surface area contributed by atoms with Gasteiger partial charge in [-0.05, 0) is 68.9 Å². The van der Waals surface area contributed by atoms with E-state index in [1.165, 1.54) is 0 Å². The Kier molecular flexibility index (Phi) is 11.1. The monoisotopic (exact) mass is 557 g/mol. The first-order chi connectivity index (χ1) is 19.5. The molecule has 0 spiro atoms. The molecule has 0 bridgehead atoms. The number of carbonyl (C=O) groups is 3. The van der Waals surface area contributed by atoms with E-state index in [-0.39, 0.29) is 18.2 Å². The zero-order valence-electron chi connectivity index (χ0n) is 25.1. The van der Waals surface area contributed by atoms with Crippen molar-refractivity contribution in [2.45, 2.75) is 78.6 Å². The molecule has 2 N–H and O–H groups in total. The lowest BCUT2D eigenvalue weighted by molar-refractivity contribution is -0.142. The summed E-state index contributed by atoms with van der Waals surface area (Å²) < 4.78 is 5.50. The van der Waals surface area contributed by atoms with E-state index in [1.54, 1.807) is 25.7 Å². The summed E-state index contributed by atoms with van der Waals surface area (Å²) in [5.41, 5.74) is 3.96. The van der Waals surface area contributed by atoms with Crippen molar-refractivity contribution in [2.75, 3.05) is 6.54 Å². The maximum Gasteiger partial charge on any atom is 0.408 e. The molecule has 3 aromatic carbocycles. The Bertz CT molecular complexity index is 1300. The number of hydrogen-bond acceptors (Lipinski definition) is 4. The van der Waals surface area contributed by atoms with E-state index in [0.717, 1.165) is 27.8 Å². The third-order valence-electron chi connectivity index (χ3n) is 6.74. The molecule has 41 heavy (non-hydrogen) atoms. The molecule has 0 aliphatic rings. The number of nitrogens with zero attached hydrogens (tertiary/aromatic N) is 1. The van der Waals surface area contributed by atoms with Crippen molar-refractivity contribution >= 4 is 17.9 Å². The molecule has 3 amide bonds. The Morgan fingerprint density at radius 1 is 0.854 bits per heavy atom. The van der Waals surface area contributed by atoms with Gasteiger partial charge in [0.05, 0.1) is 0 Å². The Balaban J connectivity index is 2.00. The van der Waals surface area contributed by atoms with Crippen LogP contribution in [0.4, 0.5) is 4.79 Å². The summed E-state index contributed by atoms with van der Waals surface area (Å²) in [7, 11) is 0. The molecule has 0 aromatic heterocycles. The standard InChI is InChI=1S/C34H43N3O4/c1-7-20-37(32(39)29(22-26-14-10-8-11-15-26)36-33(40)41-34(4,5)6)30(28-19-18-24(2)25(3)21-28)31(38)35-23-27-16-12-9-13-17-27/h8-19,21,29-30H,7,20,22-23H2,1-6H3,(H,35,38)(H,36,40). The average Bonchev–Trinajstić information content (AvgIpc) is 2.93. The fourth-order valence-corrected chi connectivity index (χ4v) is 4.60. The van der Waals surface area contributed by atoms with Crippen LogP contribution in [0, 0.1) is 13.8 Å². The number of alkyl carbamates (subject to hydrolysis) is 1. The maximum atomic E-state index is 14.4. The highest BCUT2D eigenvalue weighted by Gasteiger charge is 2.36. The minimum atomic E-state index is -0.935. The summed E-state index contributed by atoms with van der Waals surface area (Å²) >= 11 is 0. The van der Waals surface area contributed by atoms with E-state index < -0.39 is 23.8 Å². The Morgan fingerprint density at radius 2 is 1.46 bits per heavy atom. The van der Waals surface area contributed by atoms with Crippen LogP contribution in [0.3, 0.4) is 0 Å². The summed E-state index contributed by atoms with van der Waals surface area (Å²) in [6.07, 6.45) is 0.202. The van der Waals surface area contributed by atoms with Crippen molar-refractivity contribution in [1.29, 1.82) is 0 Å². The summed E-state index contributed by atoms with van der Waals surface area (Å²) in [4.78, 5) is 42.7. The molecule has 3 rings (SSSR count). The largest absolute Gasteiger partial charge is 0.444 e. The minimum Gasteiger partial charge on any atom is -0.444 e. The third-order valence-corrected chi connectivity index (χ3v) is 6.74. The molecule has 0 radical (unpaired) electrons. The van der Waals surface area contributed by atoms with Gasteiger partial charge in [0.25, 0.3) is 0 Å². The van der Waals surface area contributed by atoms with Gasteiger partial charge in [-0.1, -0.05) is 85.8 Å². The van der Waals surface area contributed by atoms with Crippen molar-refractivity contribution in [2.24, 2.45) is 0 Å². The minimum absolute atomic E-state index is 0.254. The number of amides is 3. The van der Waals surface area contributed by atoms with Crippen LogP contribution in [0.15, 0.2) is 78.9 Å². The van der Waals surface area contributed by atoms with Gasteiger partial charge in [0.2, 0.25) is 11.8 Å². The van der Waals surface area contributed by atoms with Gasteiger partial charge in [-0.3, -0.25) is 9.59 Å². The maximum absolute atomic E-state index is 14.4. The second kappa shape index (κ2) is 14.5. The number of benzene rings is 3. The van der Waals surface area contributed by atoms with Crippen LogP contribution in [-0.2, 0) is 27.3 Å². The molecule has 0 aliphatic heterocycles. The molecule has 2 unspecified atom stereocenters. The average molecular weight is 558 g/mol. The summed E-state index contributed by atoms with van der Waals surface area (Å²) in [6, 6.07) is 23.2. The van der Waals surface area contributed by atoms with Crippen molar-refractivity contribution in [1.82, 2.24) is 15.5 Å². The molecule has 7 nitrogen and oxygen atoms in total. The molecule has 0 saturated carbocycles. The van der Waals surface area contributed by atoms with Crippen molar-refractivity contribution in [3.8, 4) is 0 Å². The van der Waals surface area contributed by atoms with Gasteiger partial charge in [-0.15, -0.1) is 0 Å². The van der Waals surface area contributed by atoms with Gasteiger partial charge in [0.15, 0.2) is 0 Å². The zero-order chi connectivity index (χ0) is 30.0. The first-order valence-corrected chi connectivity index (χ1v) is 14.2. The first kappa shape index (κ1) is 31.4. The lowest BCUT2D eigenvalue weighted by Gasteiger charge is -2.34. The normalized spacial score (nSPS) is 12.6. The van der Waals surface area contributed by atoms with Gasteiger partial charge in [-0.25, -0.2) is 4.79 Å². The number of hydrogen-bond donors (Lipinski definition) is 2. The highest BCUT2D eigenvalue weighted by atomic mass is 16.6. The van der Waals surface area contributed by atoms with E-state index in [4.69, 9.17) is 4.74 Å². The summed E-state index contributed by atoms with van der Waals surface area (Å²) in [5.74, 6) is -0.630. The second-order valence-electron chi connectivity index (χ2n) is 11.4. The molecule has 0 heterocycles. The van der Waals surface area contributed by atoms with E-state index >= 15 is 0 Å². The Morgan fingerprint density at radius 3 is 2.02 bits per heavy atom. The SMILES string of the molecule is CCCN(C(=O)C(Cc1ccccc1)NC(=O)OC(C)(C)C)C(C(=O)NCc1ccccc1)c1ccc(C)c(C)c1. The van der Waals surface area contributed by atoms with Gasteiger partial charge in [0.1, 0.15) is 17.7 Å². The number of carbonyl (C=O) groups excluding carboxylic acids is 3. The van der Waals surface area contributed by atoms with Crippen molar-refractivity contribution in [3.63, 3.8) is 0 Å². The Hall–Kier alpha value is -4.13. The van der Waals surface area contributed by atoms with E-state index in [9.17, 15) is 14.4 Å². The topological polar surface area (TPSA) is 87.7 Å². The molecule has 0 saturated heterocycles.